The molecule has 3 rings (SSSR count). The first-order valence-electron chi connectivity index (χ1n) is 8.43. The number of halogens is 1. The Balaban J connectivity index is 1.80. The highest BCUT2D eigenvalue weighted by atomic mass is 35.5. The second-order valence-electron chi connectivity index (χ2n) is 6.11. The first kappa shape index (κ1) is 19.9. The van der Waals surface area contributed by atoms with E-state index in [0.717, 1.165) is 11.1 Å². The predicted octanol–water partition coefficient (Wildman–Crippen LogP) is 3.77. The van der Waals surface area contributed by atoms with Crippen LogP contribution in [0, 0.1) is 6.92 Å². The molecular weight excluding hydrogens is 398 g/mol. The van der Waals surface area contributed by atoms with Gasteiger partial charge in [-0.15, -0.1) is 0 Å². The Morgan fingerprint density at radius 1 is 1.04 bits per heavy atom. The fourth-order valence-corrected chi connectivity index (χ4v) is 4.06. The van der Waals surface area contributed by atoms with Crippen LogP contribution in [0.3, 0.4) is 0 Å². The molecule has 0 unspecified atom stereocenters. The smallest absolute Gasteiger partial charge is 0.264 e. The summed E-state index contributed by atoms with van der Waals surface area (Å²) < 4.78 is 27.7. The van der Waals surface area contributed by atoms with Gasteiger partial charge in [0.15, 0.2) is 0 Å². The van der Waals surface area contributed by atoms with Crippen molar-refractivity contribution in [3.05, 3.63) is 88.7 Å². The van der Waals surface area contributed by atoms with E-state index < -0.39 is 15.9 Å². The van der Waals surface area contributed by atoms with Gasteiger partial charge in [-0.25, -0.2) is 13.4 Å². The zero-order valence-corrected chi connectivity index (χ0v) is 16.6. The van der Waals surface area contributed by atoms with Crippen molar-refractivity contribution in [3.63, 3.8) is 0 Å². The van der Waals surface area contributed by atoms with Crippen molar-refractivity contribution in [2.75, 3.05) is 4.72 Å². The van der Waals surface area contributed by atoms with Crippen LogP contribution in [0.2, 0.25) is 5.15 Å². The van der Waals surface area contributed by atoms with Gasteiger partial charge in [-0.3, -0.25) is 9.52 Å². The first-order chi connectivity index (χ1) is 13.4. The van der Waals surface area contributed by atoms with Crippen molar-refractivity contribution in [3.8, 4) is 0 Å². The molecule has 0 aliphatic rings. The van der Waals surface area contributed by atoms with E-state index in [-0.39, 0.29) is 21.3 Å². The number of para-hydroxylation sites is 1. The zero-order chi connectivity index (χ0) is 20.1. The Morgan fingerprint density at radius 3 is 2.46 bits per heavy atom. The summed E-state index contributed by atoms with van der Waals surface area (Å²) in [5.41, 5.74) is 2.44. The third-order valence-electron chi connectivity index (χ3n) is 4.00. The van der Waals surface area contributed by atoms with Gasteiger partial charge in [0.1, 0.15) is 10.0 Å². The Morgan fingerprint density at radius 2 is 1.75 bits per heavy atom. The summed E-state index contributed by atoms with van der Waals surface area (Å²) >= 11 is 5.90. The molecule has 0 fully saturated rings. The molecule has 1 aromatic heterocycles. The SMILES string of the molecule is Cc1ccc(CNC(=O)c2ccccc2NS(=O)(=O)c2cccnc2Cl)cc1. The summed E-state index contributed by atoms with van der Waals surface area (Å²) in [5, 5.41) is 2.66. The van der Waals surface area contributed by atoms with Gasteiger partial charge >= 0.3 is 0 Å². The van der Waals surface area contributed by atoms with Gasteiger partial charge in [-0.05, 0) is 36.8 Å². The number of nitrogens with zero attached hydrogens (tertiary/aromatic N) is 1. The van der Waals surface area contributed by atoms with Crippen LogP contribution in [-0.2, 0) is 16.6 Å². The number of hydrogen-bond acceptors (Lipinski definition) is 4. The van der Waals surface area contributed by atoms with Crippen LogP contribution in [0.4, 0.5) is 5.69 Å². The van der Waals surface area contributed by atoms with Gasteiger partial charge in [0.05, 0.1) is 11.3 Å². The molecule has 1 amide bonds. The maximum Gasteiger partial charge on any atom is 0.264 e. The van der Waals surface area contributed by atoms with Crippen molar-refractivity contribution in [2.24, 2.45) is 0 Å². The summed E-state index contributed by atoms with van der Waals surface area (Å²) in [6.45, 7) is 2.31. The number of carbonyl (C=O) groups is 1. The van der Waals surface area contributed by atoms with Crippen LogP contribution < -0.4 is 10.0 Å². The third kappa shape index (κ3) is 4.68. The minimum atomic E-state index is -4.00. The lowest BCUT2D eigenvalue weighted by Gasteiger charge is -2.13. The van der Waals surface area contributed by atoms with Gasteiger partial charge in [-0.1, -0.05) is 53.6 Å². The second-order valence-corrected chi connectivity index (χ2v) is 8.12. The number of sulfonamides is 1. The van der Waals surface area contributed by atoms with Crippen molar-refractivity contribution in [1.82, 2.24) is 10.3 Å². The van der Waals surface area contributed by atoms with E-state index >= 15 is 0 Å². The van der Waals surface area contributed by atoms with Crippen LogP contribution in [0.1, 0.15) is 21.5 Å². The molecule has 1 heterocycles. The van der Waals surface area contributed by atoms with E-state index in [1.54, 1.807) is 18.2 Å². The average molecular weight is 416 g/mol. The maximum atomic E-state index is 12.6. The summed E-state index contributed by atoms with van der Waals surface area (Å²) in [5.74, 6) is -0.392. The molecule has 3 aromatic rings. The molecule has 0 bridgehead atoms. The molecule has 0 radical (unpaired) electrons. The molecule has 0 atom stereocenters. The zero-order valence-electron chi connectivity index (χ0n) is 15.0. The fourth-order valence-electron chi connectivity index (χ4n) is 2.53. The van der Waals surface area contributed by atoms with Crippen LogP contribution in [0.15, 0.2) is 71.8 Å². The number of benzene rings is 2. The van der Waals surface area contributed by atoms with Crippen molar-refractivity contribution in [1.29, 1.82) is 0 Å². The summed E-state index contributed by atoms with van der Waals surface area (Å²) in [6.07, 6.45) is 1.40. The summed E-state index contributed by atoms with van der Waals surface area (Å²) in [6, 6.07) is 17.0. The molecule has 0 spiro atoms. The molecule has 8 heteroatoms. The Hall–Kier alpha value is -2.90. The molecular formula is C20H18ClN3O3S. The van der Waals surface area contributed by atoms with Gasteiger partial charge < -0.3 is 5.32 Å². The van der Waals surface area contributed by atoms with Crippen LogP contribution in [0.5, 0.6) is 0 Å². The second kappa shape index (κ2) is 8.41. The predicted molar refractivity (Wildman–Crippen MR) is 109 cm³/mol. The maximum absolute atomic E-state index is 12.6. The Bertz CT molecular complexity index is 1100. The van der Waals surface area contributed by atoms with Crippen molar-refractivity contribution in [2.45, 2.75) is 18.4 Å². The fraction of sp³-hybridized carbons (Fsp3) is 0.100. The van der Waals surface area contributed by atoms with E-state index in [2.05, 4.69) is 15.0 Å². The van der Waals surface area contributed by atoms with E-state index in [0.29, 0.717) is 6.54 Å². The average Bonchev–Trinajstić information content (AvgIpc) is 2.67. The number of rotatable bonds is 6. The standard InChI is InChI=1S/C20H18ClN3O3S/c1-14-8-10-15(11-9-14)13-23-20(25)16-5-2-3-6-17(16)24-28(26,27)18-7-4-12-22-19(18)21/h2-12,24H,13H2,1H3,(H,23,25). The van der Waals surface area contributed by atoms with Crippen LogP contribution in [-0.4, -0.2) is 19.3 Å². The molecule has 2 N–H and O–H groups in total. The molecule has 0 aliphatic carbocycles. The molecule has 2 aromatic carbocycles. The number of anilines is 1. The minimum absolute atomic E-state index is 0.142. The molecule has 0 saturated heterocycles. The number of pyridine rings is 1. The van der Waals surface area contributed by atoms with Crippen molar-refractivity contribution >= 4 is 33.2 Å². The number of aryl methyl sites for hydroxylation is 1. The van der Waals surface area contributed by atoms with Crippen LogP contribution in [0.25, 0.3) is 0 Å². The van der Waals surface area contributed by atoms with E-state index in [1.807, 2.05) is 31.2 Å². The third-order valence-corrected chi connectivity index (χ3v) is 5.81. The molecule has 6 nitrogen and oxygen atoms in total. The summed E-state index contributed by atoms with van der Waals surface area (Å²) in [4.78, 5) is 16.2. The lowest BCUT2D eigenvalue weighted by atomic mass is 10.1. The topological polar surface area (TPSA) is 88.2 Å². The van der Waals surface area contributed by atoms with Gasteiger partial charge in [-0.2, -0.15) is 0 Å². The number of hydrogen-bond donors (Lipinski definition) is 2. The number of aromatic nitrogens is 1. The van der Waals surface area contributed by atoms with Gasteiger partial charge in [0.25, 0.3) is 15.9 Å². The normalized spacial score (nSPS) is 11.1. The number of carbonyl (C=O) groups excluding carboxylic acids is 1. The van der Waals surface area contributed by atoms with E-state index in [9.17, 15) is 13.2 Å². The molecule has 144 valence electrons. The molecule has 0 saturated carbocycles. The molecule has 0 aliphatic heterocycles. The van der Waals surface area contributed by atoms with E-state index in [4.69, 9.17) is 11.6 Å². The Labute approximate surface area is 168 Å². The minimum Gasteiger partial charge on any atom is -0.348 e. The lowest BCUT2D eigenvalue weighted by molar-refractivity contribution is 0.0952. The monoisotopic (exact) mass is 415 g/mol. The Kier molecular flexibility index (Phi) is 5.96. The number of nitrogens with one attached hydrogen (secondary N) is 2. The van der Waals surface area contributed by atoms with E-state index in [1.165, 1.54) is 24.4 Å². The highest BCUT2D eigenvalue weighted by molar-refractivity contribution is 7.92. The molecule has 28 heavy (non-hydrogen) atoms. The largest absolute Gasteiger partial charge is 0.348 e. The number of amides is 1. The van der Waals surface area contributed by atoms with Crippen molar-refractivity contribution < 1.29 is 13.2 Å². The lowest BCUT2D eigenvalue weighted by Crippen LogP contribution is -2.25. The van der Waals surface area contributed by atoms with Crippen LogP contribution >= 0.6 is 11.6 Å². The highest BCUT2D eigenvalue weighted by Gasteiger charge is 2.21. The van der Waals surface area contributed by atoms with Gasteiger partial charge in [0, 0.05) is 12.7 Å². The highest BCUT2D eigenvalue weighted by Crippen LogP contribution is 2.23. The van der Waals surface area contributed by atoms with Gasteiger partial charge in [0.2, 0.25) is 0 Å². The quantitative estimate of drug-likeness (QED) is 0.600. The summed E-state index contributed by atoms with van der Waals surface area (Å²) in [7, 11) is -4.00. The first-order valence-corrected chi connectivity index (χ1v) is 10.3.